The normalized spacial score (nSPS) is 25.7. The third-order valence-electron chi connectivity index (χ3n) is 3.94. The molecule has 19 heavy (non-hydrogen) atoms. The third-order valence-corrected chi connectivity index (χ3v) is 3.94. The van der Waals surface area contributed by atoms with Crippen LogP contribution in [-0.2, 0) is 4.74 Å². The lowest BCUT2D eigenvalue weighted by molar-refractivity contribution is -0.0187. The summed E-state index contributed by atoms with van der Waals surface area (Å²) < 4.78 is 5.84. The van der Waals surface area contributed by atoms with E-state index in [4.69, 9.17) is 4.74 Å². The van der Waals surface area contributed by atoms with E-state index in [-0.39, 0.29) is 5.60 Å². The quantitative estimate of drug-likeness (QED) is 0.770. The minimum Gasteiger partial charge on any atom is -0.375 e. The summed E-state index contributed by atoms with van der Waals surface area (Å²) in [6.07, 6.45) is 3.79. The molecule has 0 aromatic carbocycles. The topological polar surface area (TPSA) is 24.5 Å². The smallest absolute Gasteiger partial charge is 0.0600 e. The van der Waals surface area contributed by atoms with Gasteiger partial charge in [0.2, 0.25) is 0 Å². The van der Waals surface area contributed by atoms with Gasteiger partial charge >= 0.3 is 0 Å². The molecular formula is C16H34N2O. The molecule has 114 valence electrons. The molecule has 1 rings (SSSR count). The van der Waals surface area contributed by atoms with Crippen LogP contribution in [0.5, 0.6) is 0 Å². The van der Waals surface area contributed by atoms with E-state index in [1.807, 2.05) is 0 Å². The molecule has 2 atom stereocenters. The Balaban J connectivity index is 2.29. The molecule has 2 unspecified atom stereocenters. The zero-order chi connectivity index (χ0) is 14.3. The van der Waals surface area contributed by atoms with Crippen molar-refractivity contribution < 1.29 is 4.74 Å². The van der Waals surface area contributed by atoms with Gasteiger partial charge in [0.25, 0.3) is 0 Å². The van der Waals surface area contributed by atoms with E-state index in [9.17, 15) is 0 Å². The highest BCUT2D eigenvalue weighted by molar-refractivity contribution is 4.84. The maximum atomic E-state index is 5.84. The lowest BCUT2D eigenvalue weighted by Gasteiger charge is -2.39. The number of nitrogens with zero attached hydrogens (tertiary/aromatic N) is 1. The van der Waals surface area contributed by atoms with Crippen molar-refractivity contribution in [2.75, 3.05) is 32.8 Å². The average Bonchev–Trinajstić information content (AvgIpc) is 2.35. The average molecular weight is 270 g/mol. The molecule has 1 aliphatic heterocycles. The van der Waals surface area contributed by atoms with Gasteiger partial charge in [0.15, 0.2) is 0 Å². The fraction of sp³-hybridized carbons (Fsp3) is 1.00. The van der Waals surface area contributed by atoms with Gasteiger partial charge in [-0.15, -0.1) is 0 Å². The van der Waals surface area contributed by atoms with Crippen LogP contribution >= 0.6 is 0 Å². The molecule has 0 spiro atoms. The molecule has 0 amide bonds. The number of ether oxygens (including phenoxy) is 1. The van der Waals surface area contributed by atoms with Gasteiger partial charge in [-0.3, -0.25) is 0 Å². The monoisotopic (exact) mass is 270 g/mol. The van der Waals surface area contributed by atoms with Crippen LogP contribution in [0.25, 0.3) is 0 Å². The molecule has 1 heterocycles. The summed E-state index contributed by atoms with van der Waals surface area (Å²) in [6.45, 7) is 16.5. The molecular weight excluding hydrogens is 236 g/mol. The molecule has 1 fully saturated rings. The van der Waals surface area contributed by atoms with Crippen molar-refractivity contribution in [3.8, 4) is 0 Å². The zero-order valence-corrected chi connectivity index (χ0v) is 13.7. The first-order valence-electron chi connectivity index (χ1n) is 8.06. The predicted molar refractivity (Wildman–Crippen MR) is 82.6 cm³/mol. The maximum absolute atomic E-state index is 5.84. The van der Waals surface area contributed by atoms with Crippen LogP contribution in [0.2, 0.25) is 0 Å². The van der Waals surface area contributed by atoms with Crippen LogP contribution in [0.3, 0.4) is 0 Å². The number of hydrogen-bond donors (Lipinski definition) is 1. The summed E-state index contributed by atoms with van der Waals surface area (Å²) in [5.74, 6) is 0.801. The molecule has 3 heteroatoms. The second kappa shape index (κ2) is 8.23. The van der Waals surface area contributed by atoms with Gasteiger partial charge in [0, 0.05) is 19.1 Å². The Labute approximate surface area is 120 Å². The van der Waals surface area contributed by atoms with E-state index in [2.05, 4.69) is 44.8 Å². The molecule has 1 aliphatic rings. The first-order chi connectivity index (χ1) is 8.96. The van der Waals surface area contributed by atoms with Gasteiger partial charge in [-0.1, -0.05) is 20.3 Å². The van der Waals surface area contributed by atoms with Gasteiger partial charge in [-0.05, 0) is 52.6 Å². The fourth-order valence-corrected chi connectivity index (χ4v) is 2.80. The molecule has 0 saturated carbocycles. The van der Waals surface area contributed by atoms with Gasteiger partial charge in [0.1, 0.15) is 0 Å². The van der Waals surface area contributed by atoms with Crippen LogP contribution in [-0.4, -0.2) is 49.3 Å². The Morgan fingerprint density at radius 3 is 2.58 bits per heavy atom. The molecule has 0 aliphatic carbocycles. The molecule has 0 aromatic heterocycles. The first-order valence-corrected chi connectivity index (χ1v) is 8.06. The molecule has 0 radical (unpaired) electrons. The summed E-state index contributed by atoms with van der Waals surface area (Å²) in [5.41, 5.74) is -0.00877. The van der Waals surface area contributed by atoms with Crippen molar-refractivity contribution in [3.63, 3.8) is 0 Å². The first kappa shape index (κ1) is 16.9. The highest BCUT2D eigenvalue weighted by Gasteiger charge is 2.27. The maximum Gasteiger partial charge on any atom is 0.0600 e. The highest BCUT2D eigenvalue weighted by Crippen LogP contribution is 2.20. The Kier molecular flexibility index (Phi) is 7.33. The summed E-state index contributed by atoms with van der Waals surface area (Å²) in [4.78, 5) is 2.57. The summed E-state index contributed by atoms with van der Waals surface area (Å²) in [7, 11) is 0. The van der Waals surface area contributed by atoms with Crippen molar-refractivity contribution >= 4 is 0 Å². The minimum absolute atomic E-state index is 0.00877. The van der Waals surface area contributed by atoms with Crippen LogP contribution in [0, 0.1) is 5.92 Å². The third kappa shape index (κ3) is 6.73. The van der Waals surface area contributed by atoms with Gasteiger partial charge in [0.05, 0.1) is 12.2 Å². The van der Waals surface area contributed by atoms with E-state index in [1.54, 1.807) is 0 Å². The van der Waals surface area contributed by atoms with Crippen molar-refractivity contribution in [2.45, 2.75) is 65.5 Å². The van der Waals surface area contributed by atoms with Gasteiger partial charge in [-0.2, -0.15) is 0 Å². The van der Waals surface area contributed by atoms with Gasteiger partial charge in [-0.25, -0.2) is 0 Å². The number of nitrogens with one attached hydrogen (secondary N) is 1. The Morgan fingerprint density at radius 2 is 2.00 bits per heavy atom. The fourth-order valence-electron chi connectivity index (χ4n) is 2.80. The summed E-state index contributed by atoms with van der Waals surface area (Å²) in [6, 6.07) is 0.727. The van der Waals surface area contributed by atoms with E-state index in [0.717, 1.165) is 31.7 Å². The van der Waals surface area contributed by atoms with Crippen LogP contribution in [0.4, 0.5) is 0 Å². The number of piperidine rings is 1. The van der Waals surface area contributed by atoms with Crippen molar-refractivity contribution in [1.82, 2.24) is 10.2 Å². The predicted octanol–water partition coefficient (Wildman–Crippen LogP) is 2.90. The number of likely N-dealkylation sites (tertiary alicyclic amines) is 1. The SMILES string of the molecule is CCCNC1CCN(CCOC(C)(C)C)CC1CC. The Hall–Kier alpha value is -0.120. The minimum atomic E-state index is -0.00877. The molecule has 3 nitrogen and oxygen atoms in total. The van der Waals surface area contributed by atoms with Crippen LogP contribution in [0.1, 0.15) is 53.9 Å². The highest BCUT2D eigenvalue weighted by atomic mass is 16.5. The van der Waals surface area contributed by atoms with E-state index in [0.29, 0.717) is 0 Å². The molecule has 0 bridgehead atoms. The molecule has 1 N–H and O–H groups in total. The van der Waals surface area contributed by atoms with Crippen LogP contribution in [0.15, 0.2) is 0 Å². The Bertz CT molecular complexity index is 237. The van der Waals surface area contributed by atoms with E-state index < -0.39 is 0 Å². The van der Waals surface area contributed by atoms with Crippen LogP contribution < -0.4 is 5.32 Å². The largest absolute Gasteiger partial charge is 0.375 e. The lowest BCUT2D eigenvalue weighted by atomic mass is 9.90. The van der Waals surface area contributed by atoms with E-state index >= 15 is 0 Å². The number of hydrogen-bond acceptors (Lipinski definition) is 3. The lowest BCUT2D eigenvalue weighted by Crippen LogP contribution is -2.50. The standard InChI is InChI=1S/C16H34N2O/c1-6-9-17-15-8-10-18(13-14(15)7-2)11-12-19-16(3,4)5/h14-15,17H,6-13H2,1-5H3. The van der Waals surface area contributed by atoms with E-state index in [1.165, 1.54) is 32.4 Å². The Morgan fingerprint density at radius 1 is 1.26 bits per heavy atom. The summed E-state index contributed by atoms with van der Waals surface area (Å²) >= 11 is 0. The molecule has 0 aromatic rings. The van der Waals surface area contributed by atoms with Crippen molar-refractivity contribution in [2.24, 2.45) is 5.92 Å². The second-order valence-corrected chi connectivity index (χ2v) is 6.78. The summed E-state index contributed by atoms with van der Waals surface area (Å²) in [5, 5.41) is 3.72. The van der Waals surface area contributed by atoms with Gasteiger partial charge < -0.3 is 15.0 Å². The zero-order valence-electron chi connectivity index (χ0n) is 13.7. The second-order valence-electron chi connectivity index (χ2n) is 6.78. The molecule has 1 saturated heterocycles. The van der Waals surface area contributed by atoms with Crippen molar-refractivity contribution in [1.29, 1.82) is 0 Å². The number of rotatable bonds is 7. The van der Waals surface area contributed by atoms with Crippen molar-refractivity contribution in [3.05, 3.63) is 0 Å².